The van der Waals surface area contributed by atoms with Crippen molar-refractivity contribution < 1.29 is 14.4 Å². The van der Waals surface area contributed by atoms with Gasteiger partial charge in [-0.15, -0.1) is 12.4 Å². The molecule has 1 spiro atoms. The van der Waals surface area contributed by atoms with Gasteiger partial charge < -0.3 is 15.5 Å². The molecule has 2 aliphatic heterocycles. The van der Waals surface area contributed by atoms with E-state index in [2.05, 4.69) is 17.6 Å². The number of carbonyl (C=O) groups excluding carboxylic acids is 3. The highest BCUT2D eigenvalue weighted by molar-refractivity contribution is 6.09. The van der Waals surface area contributed by atoms with Gasteiger partial charge in [0.2, 0.25) is 5.91 Å². The van der Waals surface area contributed by atoms with Crippen LogP contribution in [0, 0.1) is 5.92 Å². The van der Waals surface area contributed by atoms with Crippen molar-refractivity contribution in [2.75, 3.05) is 32.7 Å². The van der Waals surface area contributed by atoms with Crippen molar-refractivity contribution in [3.05, 3.63) is 0 Å². The van der Waals surface area contributed by atoms with Crippen LogP contribution in [0.3, 0.4) is 0 Å². The third kappa shape index (κ3) is 4.08. The van der Waals surface area contributed by atoms with Gasteiger partial charge in [-0.05, 0) is 44.7 Å². The quantitative estimate of drug-likeness (QED) is 0.708. The zero-order valence-corrected chi connectivity index (χ0v) is 15.7. The smallest absolute Gasteiger partial charge is 0.325 e. The Morgan fingerprint density at radius 1 is 1.24 bits per heavy atom. The molecule has 0 atom stereocenters. The van der Waals surface area contributed by atoms with E-state index < -0.39 is 11.6 Å². The Morgan fingerprint density at radius 3 is 2.48 bits per heavy atom. The summed E-state index contributed by atoms with van der Waals surface area (Å²) in [5, 5.41) is 6.18. The summed E-state index contributed by atoms with van der Waals surface area (Å²) in [6, 6.07) is -0.405. The predicted molar refractivity (Wildman–Crippen MR) is 96.5 cm³/mol. The van der Waals surface area contributed by atoms with Crippen LogP contribution in [0.2, 0.25) is 0 Å². The van der Waals surface area contributed by atoms with Crippen molar-refractivity contribution >= 4 is 30.3 Å². The van der Waals surface area contributed by atoms with E-state index in [1.54, 1.807) is 4.90 Å². The minimum atomic E-state index is -0.726. The monoisotopic (exact) mass is 372 g/mol. The molecule has 25 heavy (non-hydrogen) atoms. The van der Waals surface area contributed by atoms with E-state index in [0.717, 1.165) is 43.7 Å². The summed E-state index contributed by atoms with van der Waals surface area (Å²) >= 11 is 0. The minimum absolute atomic E-state index is 0. The fourth-order valence-corrected chi connectivity index (χ4v) is 4.11. The van der Waals surface area contributed by atoms with Crippen LogP contribution in [0.25, 0.3) is 0 Å². The Bertz CT molecular complexity index is 514. The van der Waals surface area contributed by atoms with Crippen molar-refractivity contribution in [1.82, 2.24) is 20.4 Å². The molecule has 2 saturated heterocycles. The van der Waals surface area contributed by atoms with Crippen molar-refractivity contribution in [2.24, 2.45) is 5.92 Å². The van der Waals surface area contributed by atoms with E-state index >= 15 is 0 Å². The van der Waals surface area contributed by atoms with E-state index in [-0.39, 0.29) is 30.8 Å². The number of rotatable bonds is 5. The van der Waals surface area contributed by atoms with Crippen molar-refractivity contribution in [3.63, 3.8) is 0 Å². The van der Waals surface area contributed by atoms with E-state index in [1.807, 2.05) is 0 Å². The summed E-state index contributed by atoms with van der Waals surface area (Å²) in [5.74, 6) is 0.281. The van der Waals surface area contributed by atoms with Gasteiger partial charge in [-0.2, -0.15) is 0 Å². The fourth-order valence-electron chi connectivity index (χ4n) is 4.11. The third-order valence-corrected chi connectivity index (χ3v) is 5.65. The molecule has 3 rings (SSSR count). The number of nitrogens with one attached hydrogen (secondary N) is 2. The Morgan fingerprint density at radius 2 is 1.88 bits per heavy atom. The molecule has 0 radical (unpaired) electrons. The van der Waals surface area contributed by atoms with Crippen LogP contribution in [0.1, 0.15) is 45.4 Å². The first-order valence-electron chi connectivity index (χ1n) is 9.18. The van der Waals surface area contributed by atoms with Gasteiger partial charge in [-0.3, -0.25) is 14.5 Å². The topological polar surface area (TPSA) is 81.8 Å². The summed E-state index contributed by atoms with van der Waals surface area (Å²) in [5.41, 5.74) is -0.726. The van der Waals surface area contributed by atoms with Gasteiger partial charge in [0.1, 0.15) is 12.1 Å². The Balaban J connectivity index is 0.00000225. The normalized spacial score (nSPS) is 23.1. The van der Waals surface area contributed by atoms with Crippen molar-refractivity contribution in [1.29, 1.82) is 0 Å². The molecule has 0 unspecified atom stereocenters. The molecular formula is C17H29ClN4O3. The molecule has 0 aromatic heterocycles. The lowest BCUT2D eigenvalue weighted by Crippen LogP contribution is -2.48. The summed E-state index contributed by atoms with van der Waals surface area (Å²) in [7, 11) is 0. The average molecular weight is 373 g/mol. The molecule has 1 saturated carbocycles. The van der Waals surface area contributed by atoms with E-state index in [9.17, 15) is 14.4 Å². The number of hydrogen-bond donors (Lipinski definition) is 2. The summed E-state index contributed by atoms with van der Waals surface area (Å²) < 4.78 is 0. The number of amides is 4. The molecule has 8 heteroatoms. The number of halogens is 1. The summed E-state index contributed by atoms with van der Waals surface area (Å²) in [4.78, 5) is 40.2. The second kappa shape index (κ2) is 8.36. The minimum Gasteiger partial charge on any atom is -0.341 e. The standard InChI is InChI=1S/C17H28N4O3.ClH/c1-2-18-11-13-5-9-20(10-6-13)14(22)12-21-15(23)17(19-16(21)24)7-3-4-8-17;/h13,18H,2-12H2,1H3,(H,19,24);1H. The molecule has 0 bridgehead atoms. The van der Waals surface area contributed by atoms with Gasteiger partial charge in [0.05, 0.1) is 0 Å². The zero-order valence-electron chi connectivity index (χ0n) is 14.9. The van der Waals surface area contributed by atoms with Crippen molar-refractivity contribution in [2.45, 2.75) is 51.0 Å². The van der Waals surface area contributed by atoms with Crippen LogP contribution in [0.4, 0.5) is 4.79 Å². The average Bonchev–Trinajstić information content (AvgIpc) is 3.14. The zero-order chi connectivity index (χ0) is 17.2. The van der Waals surface area contributed by atoms with Gasteiger partial charge >= 0.3 is 6.03 Å². The van der Waals surface area contributed by atoms with Crippen LogP contribution in [-0.4, -0.2) is 65.9 Å². The fraction of sp³-hybridized carbons (Fsp3) is 0.824. The molecule has 0 aromatic rings. The van der Waals surface area contributed by atoms with E-state index in [0.29, 0.717) is 31.8 Å². The number of urea groups is 1. The third-order valence-electron chi connectivity index (χ3n) is 5.65. The van der Waals surface area contributed by atoms with Gasteiger partial charge in [0.15, 0.2) is 0 Å². The van der Waals surface area contributed by atoms with Gasteiger partial charge in [-0.1, -0.05) is 19.8 Å². The maximum Gasteiger partial charge on any atom is 0.325 e. The lowest BCUT2D eigenvalue weighted by Gasteiger charge is -2.32. The van der Waals surface area contributed by atoms with Crippen LogP contribution in [0.5, 0.6) is 0 Å². The molecule has 142 valence electrons. The first-order chi connectivity index (χ1) is 11.6. The number of likely N-dealkylation sites (tertiary alicyclic amines) is 1. The molecule has 2 heterocycles. The van der Waals surface area contributed by atoms with Crippen LogP contribution < -0.4 is 10.6 Å². The highest BCUT2D eigenvalue weighted by Crippen LogP contribution is 2.35. The van der Waals surface area contributed by atoms with Crippen LogP contribution >= 0.6 is 12.4 Å². The van der Waals surface area contributed by atoms with Crippen LogP contribution in [-0.2, 0) is 9.59 Å². The predicted octanol–water partition coefficient (Wildman–Crippen LogP) is 1.12. The molecule has 3 fully saturated rings. The Hall–Kier alpha value is -1.34. The van der Waals surface area contributed by atoms with E-state index in [4.69, 9.17) is 0 Å². The van der Waals surface area contributed by atoms with Gasteiger partial charge in [0, 0.05) is 13.1 Å². The summed E-state index contributed by atoms with van der Waals surface area (Å²) in [6.07, 6.45) is 5.24. The Labute approximate surface area is 155 Å². The lowest BCUT2D eigenvalue weighted by atomic mass is 9.96. The SMILES string of the molecule is CCNCC1CCN(C(=O)CN2C(=O)NC3(CCCC3)C2=O)CC1.Cl. The van der Waals surface area contributed by atoms with Gasteiger partial charge in [-0.25, -0.2) is 4.79 Å². The number of nitrogens with zero attached hydrogens (tertiary/aromatic N) is 2. The van der Waals surface area contributed by atoms with E-state index in [1.165, 1.54) is 0 Å². The maximum atomic E-state index is 12.6. The maximum absolute atomic E-state index is 12.6. The number of imide groups is 1. The highest BCUT2D eigenvalue weighted by Gasteiger charge is 2.52. The number of carbonyl (C=O) groups is 3. The number of hydrogen-bond acceptors (Lipinski definition) is 4. The molecule has 7 nitrogen and oxygen atoms in total. The first kappa shape index (κ1) is 20.0. The first-order valence-corrected chi connectivity index (χ1v) is 9.18. The largest absolute Gasteiger partial charge is 0.341 e. The molecule has 0 aromatic carbocycles. The molecule has 3 aliphatic rings. The highest BCUT2D eigenvalue weighted by atomic mass is 35.5. The molecular weight excluding hydrogens is 344 g/mol. The lowest BCUT2D eigenvalue weighted by molar-refractivity contribution is -0.139. The second-order valence-corrected chi connectivity index (χ2v) is 7.24. The van der Waals surface area contributed by atoms with Gasteiger partial charge in [0.25, 0.3) is 5.91 Å². The summed E-state index contributed by atoms with van der Waals surface area (Å²) in [6.45, 7) is 5.35. The molecule has 4 amide bonds. The second-order valence-electron chi connectivity index (χ2n) is 7.24. The van der Waals surface area contributed by atoms with Crippen LogP contribution in [0.15, 0.2) is 0 Å². The molecule has 2 N–H and O–H groups in total. The number of piperidine rings is 1. The molecule has 1 aliphatic carbocycles. The van der Waals surface area contributed by atoms with Crippen molar-refractivity contribution in [3.8, 4) is 0 Å². The Kier molecular flexibility index (Phi) is 6.68.